The summed E-state index contributed by atoms with van der Waals surface area (Å²) in [5, 5.41) is 0. The first-order valence-corrected chi connectivity index (χ1v) is 9.16. The standard InChI is InChI=1S/C20H25F5O/c1-2-3-4-5-6-7-14-8-10-15(11-9-14)16-12-17(21)19(18(22)13-16)26-20(23,24)25/h2-3,12-15H,4-11H2,1H3. The summed E-state index contributed by atoms with van der Waals surface area (Å²) >= 11 is 0. The fourth-order valence-corrected chi connectivity index (χ4v) is 3.67. The summed E-state index contributed by atoms with van der Waals surface area (Å²) in [6, 6.07) is 1.96. The van der Waals surface area contributed by atoms with E-state index in [2.05, 4.69) is 16.9 Å². The molecule has 1 aliphatic carbocycles. The molecule has 0 heterocycles. The van der Waals surface area contributed by atoms with E-state index < -0.39 is 23.7 Å². The lowest BCUT2D eigenvalue weighted by molar-refractivity contribution is -0.276. The van der Waals surface area contributed by atoms with Crippen molar-refractivity contribution in [2.24, 2.45) is 5.92 Å². The van der Waals surface area contributed by atoms with Gasteiger partial charge in [0.15, 0.2) is 11.6 Å². The minimum Gasteiger partial charge on any atom is -0.399 e. The van der Waals surface area contributed by atoms with Gasteiger partial charge < -0.3 is 4.74 Å². The molecule has 1 nitrogen and oxygen atoms in total. The summed E-state index contributed by atoms with van der Waals surface area (Å²) < 4.78 is 67.8. The van der Waals surface area contributed by atoms with E-state index in [-0.39, 0.29) is 5.92 Å². The average Bonchev–Trinajstić information content (AvgIpc) is 2.57. The van der Waals surface area contributed by atoms with Crippen LogP contribution in [0.25, 0.3) is 0 Å². The molecule has 0 bridgehead atoms. The maximum atomic E-state index is 13.9. The van der Waals surface area contributed by atoms with Gasteiger partial charge in [-0.15, -0.1) is 13.2 Å². The maximum Gasteiger partial charge on any atom is 0.573 e. The Morgan fingerprint density at radius 3 is 2.19 bits per heavy atom. The Hall–Kier alpha value is -1.59. The summed E-state index contributed by atoms with van der Waals surface area (Å²) in [5.74, 6) is -3.37. The van der Waals surface area contributed by atoms with E-state index in [1.165, 1.54) is 12.8 Å². The first-order valence-electron chi connectivity index (χ1n) is 9.16. The second-order valence-corrected chi connectivity index (χ2v) is 6.93. The highest BCUT2D eigenvalue weighted by molar-refractivity contribution is 5.33. The molecule has 1 aromatic rings. The third-order valence-electron chi connectivity index (χ3n) is 5.03. The molecular formula is C20H25F5O. The van der Waals surface area contributed by atoms with Crippen LogP contribution >= 0.6 is 0 Å². The Morgan fingerprint density at radius 1 is 1.04 bits per heavy atom. The largest absolute Gasteiger partial charge is 0.573 e. The van der Waals surface area contributed by atoms with E-state index in [0.717, 1.165) is 50.7 Å². The van der Waals surface area contributed by atoms with Crippen LogP contribution in [0.4, 0.5) is 22.0 Å². The molecule has 0 unspecified atom stereocenters. The first-order chi connectivity index (χ1) is 12.3. The first kappa shape index (κ1) is 20.7. The van der Waals surface area contributed by atoms with Crippen molar-refractivity contribution in [2.45, 2.75) is 70.6 Å². The molecule has 26 heavy (non-hydrogen) atoms. The van der Waals surface area contributed by atoms with Crippen LogP contribution in [-0.2, 0) is 0 Å². The van der Waals surface area contributed by atoms with Gasteiger partial charge in [0.25, 0.3) is 0 Å². The molecule has 0 saturated heterocycles. The number of rotatable bonds is 7. The molecule has 0 atom stereocenters. The van der Waals surface area contributed by atoms with Gasteiger partial charge in [0.2, 0.25) is 5.75 Å². The van der Waals surface area contributed by atoms with Crippen molar-refractivity contribution in [3.63, 3.8) is 0 Å². The highest BCUT2D eigenvalue weighted by Gasteiger charge is 2.34. The van der Waals surface area contributed by atoms with Gasteiger partial charge in [-0.2, -0.15) is 0 Å². The Morgan fingerprint density at radius 2 is 1.65 bits per heavy atom. The van der Waals surface area contributed by atoms with Gasteiger partial charge in [0.05, 0.1) is 0 Å². The van der Waals surface area contributed by atoms with Gasteiger partial charge in [-0.3, -0.25) is 0 Å². The average molecular weight is 376 g/mol. The molecule has 146 valence electrons. The molecule has 0 N–H and O–H groups in total. The molecule has 1 aromatic carbocycles. The fourth-order valence-electron chi connectivity index (χ4n) is 3.67. The van der Waals surface area contributed by atoms with Gasteiger partial charge in [-0.25, -0.2) is 8.78 Å². The van der Waals surface area contributed by atoms with E-state index in [9.17, 15) is 22.0 Å². The Kier molecular flexibility index (Phi) is 7.47. The second kappa shape index (κ2) is 9.38. The molecule has 0 amide bonds. The van der Waals surface area contributed by atoms with Crippen molar-refractivity contribution in [1.82, 2.24) is 0 Å². The van der Waals surface area contributed by atoms with E-state index in [4.69, 9.17) is 0 Å². The third-order valence-corrected chi connectivity index (χ3v) is 5.03. The molecule has 0 aromatic heterocycles. The lowest BCUT2D eigenvalue weighted by Crippen LogP contribution is -2.19. The Bertz CT molecular complexity index is 578. The van der Waals surface area contributed by atoms with Crippen LogP contribution in [0.2, 0.25) is 0 Å². The maximum absolute atomic E-state index is 13.9. The third kappa shape index (κ3) is 6.29. The van der Waals surface area contributed by atoms with Crippen LogP contribution in [0.15, 0.2) is 24.3 Å². The molecule has 1 saturated carbocycles. The number of alkyl halides is 3. The van der Waals surface area contributed by atoms with Gasteiger partial charge in [-0.05, 0) is 75.0 Å². The number of halogens is 5. The van der Waals surface area contributed by atoms with Crippen LogP contribution in [0.5, 0.6) is 5.75 Å². The zero-order valence-electron chi connectivity index (χ0n) is 14.9. The van der Waals surface area contributed by atoms with E-state index in [1.54, 1.807) is 0 Å². The van der Waals surface area contributed by atoms with Crippen molar-refractivity contribution >= 4 is 0 Å². The number of ether oxygens (including phenoxy) is 1. The normalized spacial score (nSPS) is 21.3. The van der Waals surface area contributed by atoms with Crippen molar-refractivity contribution in [3.8, 4) is 5.75 Å². The Labute approximate surface area is 151 Å². The van der Waals surface area contributed by atoms with Crippen LogP contribution in [0, 0.1) is 17.6 Å². The lowest BCUT2D eigenvalue weighted by Gasteiger charge is -2.29. The smallest absolute Gasteiger partial charge is 0.399 e. The lowest BCUT2D eigenvalue weighted by atomic mass is 9.77. The predicted molar refractivity (Wildman–Crippen MR) is 91.0 cm³/mol. The molecule has 0 radical (unpaired) electrons. The van der Waals surface area contributed by atoms with Crippen molar-refractivity contribution in [1.29, 1.82) is 0 Å². The van der Waals surface area contributed by atoms with E-state index >= 15 is 0 Å². The molecule has 0 aliphatic heterocycles. The van der Waals surface area contributed by atoms with E-state index in [1.807, 2.05) is 6.92 Å². The number of hydrogen-bond acceptors (Lipinski definition) is 1. The number of benzene rings is 1. The summed E-state index contributed by atoms with van der Waals surface area (Å²) in [6.45, 7) is 2.01. The SMILES string of the molecule is CC=CCCCCC1CCC(c2cc(F)c(OC(F)(F)F)c(F)c2)CC1. The minimum absolute atomic E-state index is 0.0155. The number of allylic oxidation sites excluding steroid dienone is 2. The van der Waals surface area contributed by atoms with Crippen LogP contribution in [0.3, 0.4) is 0 Å². The zero-order valence-corrected chi connectivity index (χ0v) is 14.9. The second-order valence-electron chi connectivity index (χ2n) is 6.93. The van der Waals surface area contributed by atoms with Crippen molar-refractivity contribution in [2.75, 3.05) is 0 Å². The van der Waals surface area contributed by atoms with E-state index in [0.29, 0.717) is 11.5 Å². The minimum atomic E-state index is -5.12. The van der Waals surface area contributed by atoms with Crippen LogP contribution < -0.4 is 4.74 Å². The molecule has 1 aliphatic rings. The zero-order chi connectivity index (χ0) is 19.2. The summed E-state index contributed by atoms with van der Waals surface area (Å²) in [4.78, 5) is 0. The molecule has 0 spiro atoms. The van der Waals surface area contributed by atoms with Crippen molar-refractivity contribution < 1.29 is 26.7 Å². The van der Waals surface area contributed by atoms with Gasteiger partial charge in [0, 0.05) is 0 Å². The van der Waals surface area contributed by atoms with Crippen LogP contribution in [-0.4, -0.2) is 6.36 Å². The molecule has 6 heteroatoms. The quantitative estimate of drug-likeness (QED) is 0.276. The summed E-state index contributed by atoms with van der Waals surface area (Å²) in [6.07, 6.45) is 7.26. The van der Waals surface area contributed by atoms with Crippen molar-refractivity contribution in [3.05, 3.63) is 41.5 Å². The van der Waals surface area contributed by atoms with Gasteiger partial charge >= 0.3 is 6.36 Å². The van der Waals surface area contributed by atoms with Gasteiger partial charge in [-0.1, -0.05) is 25.0 Å². The monoisotopic (exact) mass is 376 g/mol. The highest BCUT2D eigenvalue weighted by Crippen LogP contribution is 2.40. The number of hydrogen-bond donors (Lipinski definition) is 0. The number of unbranched alkanes of at least 4 members (excludes halogenated alkanes) is 2. The topological polar surface area (TPSA) is 9.23 Å². The highest BCUT2D eigenvalue weighted by atomic mass is 19.4. The fraction of sp³-hybridized carbons (Fsp3) is 0.600. The predicted octanol–water partition coefficient (Wildman–Crippen LogP) is 7.27. The van der Waals surface area contributed by atoms with Crippen LogP contribution in [0.1, 0.15) is 69.8 Å². The molecule has 1 fully saturated rings. The molecule has 2 rings (SSSR count). The summed E-state index contributed by atoms with van der Waals surface area (Å²) in [7, 11) is 0. The van der Waals surface area contributed by atoms with Gasteiger partial charge in [0.1, 0.15) is 0 Å². The Balaban J connectivity index is 1.89. The molecular weight excluding hydrogens is 351 g/mol. The summed E-state index contributed by atoms with van der Waals surface area (Å²) in [5.41, 5.74) is 0.418.